The second kappa shape index (κ2) is 3.90. The second-order valence-electron chi connectivity index (χ2n) is 2.48. The van der Waals surface area contributed by atoms with Crippen molar-refractivity contribution in [1.82, 2.24) is 0 Å². The first-order valence-electron chi connectivity index (χ1n) is 3.47. The highest BCUT2D eigenvalue weighted by molar-refractivity contribution is 6.40. The van der Waals surface area contributed by atoms with E-state index in [1.54, 1.807) is 0 Å². The molecule has 7 heteroatoms. The Balaban J connectivity index is 3.49. The fourth-order valence-corrected chi connectivity index (χ4v) is 1.03. The van der Waals surface area contributed by atoms with Crippen molar-refractivity contribution in [1.29, 1.82) is 0 Å². The molecule has 1 N–H and O–H groups in total. The van der Waals surface area contributed by atoms with Gasteiger partial charge in [-0.15, -0.1) is 0 Å². The van der Waals surface area contributed by atoms with Crippen LogP contribution in [0.25, 0.3) is 0 Å². The Morgan fingerprint density at radius 1 is 1.20 bits per heavy atom. The molecular weight excluding hydrogens is 237 g/mol. The SMILES string of the molecule is O=C(O)C(=O)c1c(F)cc(F)c(Cl)c1F. The summed E-state index contributed by atoms with van der Waals surface area (Å²) in [4.78, 5) is 21.0. The normalized spacial score (nSPS) is 10.1. The maximum absolute atomic E-state index is 13.0. The second-order valence-corrected chi connectivity index (χ2v) is 2.86. The Hall–Kier alpha value is -1.56. The average molecular weight is 239 g/mol. The van der Waals surface area contributed by atoms with Crippen LogP contribution in [0.15, 0.2) is 6.07 Å². The van der Waals surface area contributed by atoms with E-state index in [4.69, 9.17) is 16.7 Å². The van der Waals surface area contributed by atoms with Gasteiger partial charge < -0.3 is 5.11 Å². The molecule has 1 aromatic rings. The summed E-state index contributed by atoms with van der Waals surface area (Å²) in [6, 6.07) is 0.140. The molecule has 0 atom stereocenters. The first-order chi connectivity index (χ1) is 6.86. The Bertz CT molecular complexity index is 459. The van der Waals surface area contributed by atoms with Crippen LogP contribution in [0.2, 0.25) is 5.02 Å². The fourth-order valence-electron chi connectivity index (χ4n) is 0.881. The minimum Gasteiger partial charge on any atom is -0.475 e. The summed E-state index contributed by atoms with van der Waals surface area (Å²) in [5, 5.41) is 7.10. The number of aliphatic carboxylic acids is 1. The highest BCUT2D eigenvalue weighted by Gasteiger charge is 2.27. The van der Waals surface area contributed by atoms with E-state index in [0.29, 0.717) is 0 Å². The van der Waals surface area contributed by atoms with Crippen molar-refractivity contribution in [2.24, 2.45) is 0 Å². The molecule has 0 amide bonds. The van der Waals surface area contributed by atoms with Gasteiger partial charge in [0.05, 0.1) is 0 Å². The summed E-state index contributed by atoms with van der Waals surface area (Å²) < 4.78 is 38.5. The number of rotatable bonds is 2. The molecule has 15 heavy (non-hydrogen) atoms. The third kappa shape index (κ3) is 1.94. The molecule has 1 aromatic carbocycles. The number of carbonyl (C=O) groups is 2. The molecule has 0 bridgehead atoms. The van der Waals surface area contributed by atoms with Gasteiger partial charge in [0.25, 0.3) is 5.78 Å². The van der Waals surface area contributed by atoms with E-state index in [1.165, 1.54) is 0 Å². The number of carboxylic acid groups (broad SMARTS) is 1. The predicted molar refractivity (Wildman–Crippen MR) is 43.3 cm³/mol. The molecular formula is C8H2ClF3O3. The van der Waals surface area contributed by atoms with E-state index in [2.05, 4.69) is 0 Å². The van der Waals surface area contributed by atoms with Gasteiger partial charge in [0.1, 0.15) is 22.2 Å². The number of hydrogen-bond donors (Lipinski definition) is 1. The van der Waals surface area contributed by atoms with Gasteiger partial charge in [0.2, 0.25) is 0 Å². The lowest BCUT2D eigenvalue weighted by atomic mass is 10.1. The largest absolute Gasteiger partial charge is 0.475 e. The van der Waals surface area contributed by atoms with Crippen molar-refractivity contribution in [3.8, 4) is 0 Å². The van der Waals surface area contributed by atoms with Crippen molar-refractivity contribution >= 4 is 23.4 Å². The lowest BCUT2D eigenvalue weighted by molar-refractivity contribution is -0.131. The van der Waals surface area contributed by atoms with Gasteiger partial charge in [-0.25, -0.2) is 18.0 Å². The molecule has 0 heterocycles. The van der Waals surface area contributed by atoms with Crippen LogP contribution in [0, 0.1) is 17.5 Å². The summed E-state index contributed by atoms with van der Waals surface area (Å²) >= 11 is 5.04. The molecule has 0 aromatic heterocycles. The molecule has 3 nitrogen and oxygen atoms in total. The van der Waals surface area contributed by atoms with Crippen LogP contribution in [0.4, 0.5) is 13.2 Å². The zero-order valence-electron chi connectivity index (χ0n) is 6.85. The Morgan fingerprint density at radius 2 is 1.73 bits per heavy atom. The van der Waals surface area contributed by atoms with E-state index < -0.39 is 39.8 Å². The topological polar surface area (TPSA) is 54.4 Å². The van der Waals surface area contributed by atoms with Crippen LogP contribution in [-0.2, 0) is 4.79 Å². The Kier molecular flexibility index (Phi) is 2.99. The van der Waals surface area contributed by atoms with E-state index in [9.17, 15) is 22.8 Å². The summed E-state index contributed by atoms with van der Waals surface area (Å²) in [6.45, 7) is 0. The quantitative estimate of drug-likeness (QED) is 0.371. The minimum absolute atomic E-state index is 0.140. The number of carboxylic acids is 1. The third-order valence-corrected chi connectivity index (χ3v) is 1.88. The number of halogens is 4. The van der Waals surface area contributed by atoms with Crippen LogP contribution in [-0.4, -0.2) is 16.9 Å². The van der Waals surface area contributed by atoms with Crippen molar-refractivity contribution in [3.63, 3.8) is 0 Å². The average Bonchev–Trinajstić information content (AvgIpc) is 2.14. The summed E-state index contributed by atoms with van der Waals surface area (Å²) in [5.74, 6) is -8.63. The summed E-state index contributed by atoms with van der Waals surface area (Å²) in [6.07, 6.45) is 0. The molecule has 1 rings (SSSR count). The number of carbonyl (C=O) groups excluding carboxylic acids is 1. The van der Waals surface area contributed by atoms with Gasteiger partial charge >= 0.3 is 5.97 Å². The molecule has 0 radical (unpaired) electrons. The van der Waals surface area contributed by atoms with Gasteiger partial charge in [-0.05, 0) is 0 Å². The fraction of sp³-hybridized carbons (Fsp3) is 0. The van der Waals surface area contributed by atoms with Crippen LogP contribution in [0.1, 0.15) is 10.4 Å². The van der Waals surface area contributed by atoms with Gasteiger partial charge in [-0.3, -0.25) is 4.79 Å². The molecule has 0 saturated carbocycles. The van der Waals surface area contributed by atoms with Crippen LogP contribution < -0.4 is 0 Å². The standard InChI is InChI=1S/C8H2ClF3O3/c9-5-3(11)1-2(10)4(6(5)12)7(13)8(14)15/h1H,(H,14,15). The van der Waals surface area contributed by atoms with Gasteiger partial charge in [-0.2, -0.15) is 0 Å². The number of benzene rings is 1. The maximum Gasteiger partial charge on any atom is 0.377 e. The van der Waals surface area contributed by atoms with Crippen LogP contribution in [0.5, 0.6) is 0 Å². The number of Topliss-reactive ketones (excluding diaryl/α,β-unsaturated/α-hetero) is 1. The number of ketones is 1. The third-order valence-electron chi connectivity index (χ3n) is 1.54. The van der Waals surface area contributed by atoms with Gasteiger partial charge in [0.15, 0.2) is 5.82 Å². The maximum atomic E-state index is 13.0. The monoisotopic (exact) mass is 238 g/mol. The van der Waals surface area contributed by atoms with Crippen LogP contribution in [0.3, 0.4) is 0 Å². The molecule has 0 aliphatic rings. The Labute approximate surface area is 86.1 Å². The smallest absolute Gasteiger partial charge is 0.377 e. The first kappa shape index (κ1) is 11.5. The van der Waals surface area contributed by atoms with Crippen molar-refractivity contribution in [3.05, 3.63) is 34.1 Å². The lowest BCUT2D eigenvalue weighted by Crippen LogP contribution is -2.17. The first-order valence-corrected chi connectivity index (χ1v) is 3.84. The zero-order valence-corrected chi connectivity index (χ0v) is 7.61. The van der Waals surface area contributed by atoms with Gasteiger partial charge in [0, 0.05) is 6.07 Å². The molecule has 0 aliphatic carbocycles. The van der Waals surface area contributed by atoms with E-state index in [-0.39, 0.29) is 6.07 Å². The van der Waals surface area contributed by atoms with E-state index >= 15 is 0 Å². The molecule has 0 saturated heterocycles. The highest BCUT2D eigenvalue weighted by Crippen LogP contribution is 2.24. The molecule has 0 unspecified atom stereocenters. The molecule has 0 spiro atoms. The lowest BCUT2D eigenvalue weighted by Gasteiger charge is -2.03. The minimum atomic E-state index is -2.06. The Morgan fingerprint density at radius 3 is 2.20 bits per heavy atom. The highest BCUT2D eigenvalue weighted by atomic mass is 35.5. The van der Waals surface area contributed by atoms with Crippen molar-refractivity contribution in [2.75, 3.05) is 0 Å². The summed E-state index contributed by atoms with van der Waals surface area (Å²) in [5.41, 5.74) is -1.38. The molecule has 0 fully saturated rings. The number of hydrogen-bond acceptors (Lipinski definition) is 2. The van der Waals surface area contributed by atoms with E-state index in [0.717, 1.165) is 0 Å². The molecule has 0 aliphatic heterocycles. The van der Waals surface area contributed by atoms with E-state index in [1.807, 2.05) is 0 Å². The summed E-state index contributed by atoms with van der Waals surface area (Å²) in [7, 11) is 0. The molecule has 80 valence electrons. The van der Waals surface area contributed by atoms with Gasteiger partial charge in [-0.1, -0.05) is 11.6 Å². The van der Waals surface area contributed by atoms with Crippen molar-refractivity contribution < 1.29 is 27.9 Å². The predicted octanol–water partition coefficient (Wildman–Crippen LogP) is 2.02. The van der Waals surface area contributed by atoms with Crippen LogP contribution >= 0.6 is 11.6 Å². The van der Waals surface area contributed by atoms with Crippen molar-refractivity contribution in [2.45, 2.75) is 0 Å². The zero-order chi connectivity index (χ0) is 11.7.